The van der Waals surface area contributed by atoms with E-state index in [4.69, 9.17) is 10.5 Å². The quantitative estimate of drug-likeness (QED) is 0.680. The van der Waals surface area contributed by atoms with Crippen LogP contribution in [0, 0.1) is 6.92 Å². The van der Waals surface area contributed by atoms with Gasteiger partial charge in [0.2, 0.25) is 0 Å². The first-order valence-electron chi connectivity index (χ1n) is 6.36. The van der Waals surface area contributed by atoms with E-state index >= 15 is 0 Å². The molecule has 3 nitrogen and oxygen atoms in total. The van der Waals surface area contributed by atoms with Crippen molar-refractivity contribution in [1.82, 2.24) is 0 Å². The van der Waals surface area contributed by atoms with Crippen LogP contribution in [0.1, 0.15) is 28.4 Å². The van der Waals surface area contributed by atoms with E-state index in [9.17, 15) is 4.79 Å². The molecule has 2 aromatic carbocycles. The zero-order valence-corrected chi connectivity index (χ0v) is 13.0. The third kappa shape index (κ3) is 3.02. The highest BCUT2D eigenvalue weighted by Crippen LogP contribution is 2.28. The minimum atomic E-state index is -0.129. The topological polar surface area (TPSA) is 52.3 Å². The number of hydrogen-bond acceptors (Lipinski definition) is 3. The second-order valence-electron chi connectivity index (χ2n) is 4.49. The Morgan fingerprint density at radius 3 is 2.65 bits per heavy atom. The number of carbonyl (C=O) groups excluding carboxylic acids is 1. The fourth-order valence-electron chi connectivity index (χ4n) is 1.97. The van der Waals surface area contributed by atoms with Gasteiger partial charge < -0.3 is 10.5 Å². The van der Waals surface area contributed by atoms with E-state index in [2.05, 4.69) is 15.9 Å². The van der Waals surface area contributed by atoms with Crippen molar-refractivity contribution in [2.75, 3.05) is 12.3 Å². The highest BCUT2D eigenvalue weighted by Gasteiger charge is 2.17. The van der Waals surface area contributed by atoms with Gasteiger partial charge >= 0.3 is 0 Å². The number of nitrogens with two attached hydrogens (primary N) is 1. The molecule has 2 rings (SSSR count). The van der Waals surface area contributed by atoms with Gasteiger partial charge in [-0.1, -0.05) is 27.6 Å². The van der Waals surface area contributed by atoms with Crippen molar-refractivity contribution in [2.45, 2.75) is 13.8 Å². The maximum absolute atomic E-state index is 12.7. The molecule has 104 valence electrons. The molecule has 0 fully saturated rings. The Morgan fingerprint density at radius 2 is 1.95 bits per heavy atom. The van der Waals surface area contributed by atoms with Crippen molar-refractivity contribution in [1.29, 1.82) is 0 Å². The lowest BCUT2D eigenvalue weighted by atomic mass is 9.99. The Hall–Kier alpha value is -1.81. The van der Waals surface area contributed by atoms with Crippen LogP contribution >= 0.6 is 15.9 Å². The number of carbonyl (C=O) groups is 1. The molecule has 20 heavy (non-hydrogen) atoms. The van der Waals surface area contributed by atoms with E-state index in [0.717, 1.165) is 10.0 Å². The van der Waals surface area contributed by atoms with E-state index in [0.29, 0.717) is 29.2 Å². The maximum Gasteiger partial charge on any atom is 0.198 e. The van der Waals surface area contributed by atoms with Gasteiger partial charge in [0.05, 0.1) is 12.2 Å². The van der Waals surface area contributed by atoms with Gasteiger partial charge in [0.1, 0.15) is 5.75 Å². The predicted octanol–water partition coefficient (Wildman–Crippen LogP) is 3.97. The summed E-state index contributed by atoms with van der Waals surface area (Å²) in [5, 5.41) is 0. The molecule has 0 aliphatic carbocycles. The summed E-state index contributed by atoms with van der Waals surface area (Å²) in [7, 11) is 0. The van der Waals surface area contributed by atoms with Crippen LogP contribution in [0.2, 0.25) is 0 Å². The predicted molar refractivity (Wildman–Crippen MR) is 84.3 cm³/mol. The third-order valence-electron chi connectivity index (χ3n) is 2.94. The fraction of sp³-hybridized carbons (Fsp3) is 0.188. The summed E-state index contributed by atoms with van der Waals surface area (Å²) < 4.78 is 6.35. The van der Waals surface area contributed by atoms with E-state index in [-0.39, 0.29) is 5.78 Å². The summed E-state index contributed by atoms with van der Waals surface area (Å²) in [5.74, 6) is 0.442. The second-order valence-corrected chi connectivity index (χ2v) is 5.41. The van der Waals surface area contributed by atoms with Gasteiger partial charge in [-0.05, 0) is 44.2 Å². The number of nitrogen functional groups attached to an aromatic ring is 1. The smallest absolute Gasteiger partial charge is 0.198 e. The number of rotatable bonds is 4. The molecule has 0 bridgehead atoms. The molecule has 0 aliphatic rings. The van der Waals surface area contributed by atoms with Crippen LogP contribution in [0.5, 0.6) is 5.75 Å². The first-order valence-corrected chi connectivity index (χ1v) is 7.15. The molecule has 0 amide bonds. The standard InChI is InChI=1S/C16H16BrNO2/c1-3-20-15-7-5-11(17)9-13(15)16(19)12-8-10(2)4-6-14(12)18/h4-9H,3,18H2,1-2H3. The lowest BCUT2D eigenvalue weighted by Crippen LogP contribution is -2.08. The molecule has 0 aliphatic heterocycles. The van der Waals surface area contributed by atoms with Crippen LogP contribution in [0.4, 0.5) is 5.69 Å². The number of aryl methyl sites for hydroxylation is 1. The number of benzene rings is 2. The molecule has 0 unspecified atom stereocenters. The molecule has 2 N–H and O–H groups in total. The number of ketones is 1. The highest BCUT2D eigenvalue weighted by atomic mass is 79.9. The van der Waals surface area contributed by atoms with E-state index in [1.165, 1.54) is 0 Å². The Labute approximate surface area is 126 Å². The van der Waals surface area contributed by atoms with E-state index in [1.807, 2.05) is 26.0 Å². The van der Waals surface area contributed by atoms with Crippen molar-refractivity contribution in [3.05, 3.63) is 57.6 Å². The van der Waals surface area contributed by atoms with Crippen LogP contribution < -0.4 is 10.5 Å². The molecule has 0 aromatic heterocycles. The minimum absolute atomic E-state index is 0.129. The van der Waals surface area contributed by atoms with Crippen LogP contribution in [0.25, 0.3) is 0 Å². The summed E-state index contributed by atoms with van der Waals surface area (Å²) in [6.45, 7) is 4.32. The van der Waals surface area contributed by atoms with Crippen LogP contribution in [-0.4, -0.2) is 12.4 Å². The van der Waals surface area contributed by atoms with Gasteiger partial charge in [0.15, 0.2) is 5.78 Å². The summed E-state index contributed by atoms with van der Waals surface area (Å²) in [6.07, 6.45) is 0. The van der Waals surface area contributed by atoms with Crippen molar-refractivity contribution < 1.29 is 9.53 Å². The van der Waals surface area contributed by atoms with Crippen LogP contribution in [0.3, 0.4) is 0 Å². The number of ether oxygens (including phenoxy) is 1. The normalized spacial score (nSPS) is 10.3. The minimum Gasteiger partial charge on any atom is -0.493 e. The van der Waals surface area contributed by atoms with Gasteiger partial charge in [0.25, 0.3) is 0 Å². The third-order valence-corrected chi connectivity index (χ3v) is 3.43. The molecule has 2 aromatic rings. The monoisotopic (exact) mass is 333 g/mol. The molecular formula is C16H16BrNO2. The van der Waals surface area contributed by atoms with Gasteiger partial charge in [-0.2, -0.15) is 0 Å². The van der Waals surface area contributed by atoms with Crippen molar-refractivity contribution >= 4 is 27.4 Å². The summed E-state index contributed by atoms with van der Waals surface area (Å²) >= 11 is 3.38. The van der Waals surface area contributed by atoms with Crippen molar-refractivity contribution in [2.24, 2.45) is 0 Å². The summed E-state index contributed by atoms with van der Waals surface area (Å²) in [5.41, 5.74) is 8.40. The van der Waals surface area contributed by atoms with Crippen LogP contribution in [0.15, 0.2) is 40.9 Å². The average molecular weight is 334 g/mol. The zero-order valence-electron chi connectivity index (χ0n) is 11.4. The van der Waals surface area contributed by atoms with Gasteiger partial charge in [-0.15, -0.1) is 0 Å². The Bertz CT molecular complexity index is 653. The van der Waals surface area contributed by atoms with E-state index < -0.39 is 0 Å². The Morgan fingerprint density at radius 1 is 1.20 bits per heavy atom. The fourth-order valence-corrected chi connectivity index (χ4v) is 2.33. The first-order chi connectivity index (χ1) is 9.52. The molecular weight excluding hydrogens is 318 g/mol. The van der Waals surface area contributed by atoms with E-state index in [1.54, 1.807) is 24.3 Å². The van der Waals surface area contributed by atoms with Gasteiger partial charge in [-0.25, -0.2) is 0 Å². The lowest BCUT2D eigenvalue weighted by molar-refractivity contribution is 0.103. The number of anilines is 1. The Kier molecular flexibility index (Phi) is 4.45. The molecule has 0 radical (unpaired) electrons. The molecule has 0 atom stereocenters. The molecule has 0 saturated heterocycles. The summed E-state index contributed by atoms with van der Waals surface area (Å²) in [4.78, 5) is 12.7. The zero-order chi connectivity index (χ0) is 14.7. The average Bonchev–Trinajstić information content (AvgIpc) is 2.43. The Balaban J connectivity index is 2.52. The second kappa shape index (κ2) is 6.09. The first kappa shape index (κ1) is 14.6. The highest BCUT2D eigenvalue weighted by molar-refractivity contribution is 9.10. The molecule has 0 spiro atoms. The largest absolute Gasteiger partial charge is 0.493 e. The van der Waals surface area contributed by atoms with Crippen molar-refractivity contribution in [3.63, 3.8) is 0 Å². The number of halogens is 1. The molecule has 0 heterocycles. The number of hydrogen-bond donors (Lipinski definition) is 1. The maximum atomic E-state index is 12.7. The SMILES string of the molecule is CCOc1ccc(Br)cc1C(=O)c1cc(C)ccc1N. The molecule has 4 heteroatoms. The van der Waals surface area contributed by atoms with Crippen molar-refractivity contribution in [3.8, 4) is 5.75 Å². The summed E-state index contributed by atoms with van der Waals surface area (Å²) in [6, 6.07) is 10.8. The van der Waals surface area contributed by atoms with Gasteiger partial charge in [0, 0.05) is 15.7 Å². The molecule has 0 saturated carbocycles. The van der Waals surface area contributed by atoms with Crippen LogP contribution in [-0.2, 0) is 0 Å². The lowest BCUT2D eigenvalue weighted by Gasteiger charge is -2.11. The van der Waals surface area contributed by atoms with Gasteiger partial charge in [-0.3, -0.25) is 4.79 Å².